The Kier molecular flexibility index (Phi) is 4.47. The highest BCUT2D eigenvalue weighted by Gasteiger charge is 2.29. The van der Waals surface area contributed by atoms with Crippen LogP contribution in [0.3, 0.4) is 0 Å². The van der Waals surface area contributed by atoms with Gasteiger partial charge in [0, 0.05) is 0 Å². The molecule has 6 heteroatoms. The molecule has 20 heavy (non-hydrogen) atoms. The Hall–Kier alpha value is -1.98. The summed E-state index contributed by atoms with van der Waals surface area (Å²) < 4.78 is 11.5. The molecule has 0 spiro atoms. The van der Waals surface area contributed by atoms with Gasteiger partial charge < -0.3 is 15.3 Å². The van der Waals surface area contributed by atoms with Gasteiger partial charge in [-0.05, 0) is 47.1 Å². The molecule has 6 nitrogen and oxygen atoms in total. The quantitative estimate of drug-likeness (QED) is 0.676. The zero-order valence-electron chi connectivity index (χ0n) is 12.9. The first-order valence-electron chi connectivity index (χ1n) is 6.47. The Bertz CT molecular complexity index is 538. The summed E-state index contributed by atoms with van der Waals surface area (Å²) in [7, 11) is 0. The van der Waals surface area contributed by atoms with Crippen molar-refractivity contribution in [3.8, 4) is 0 Å². The van der Waals surface area contributed by atoms with E-state index in [0.717, 1.165) is 0 Å². The number of nitrogens with zero attached hydrogens (tertiary/aromatic N) is 1. The van der Waals surface area contributed by atoms with E-state index in [-0.39, 0.29) is 12.3 Å². The van der Waals surface area contributed by atoms with Gasteiger partial charge in [0.25, 0.3) is 0 Å². The highest BCUT2D eigenvalue weighted by Crippen LogP contribution is 2.23. The van der Waals surface area contributed by atoms with Crippen LogP contribution < -0.4 is 5.84 Å². The Morgan fingerprint density at radius 1 is 1.20 bits per heavy atom. The van der Waals surface area contributed by atoms with Gasteiger partial charge in [0.05, 0.1) is 17.9 Å². The minimum atomic E-state index is -0.633. The summed E-state index contributed by atoms with van der Waals surface area (Å²) in [5.74, 6) is 4.82. The van der Waals surface area contributed by atoms with Gasteiger partial charge in [0.2, 0.25) is 0 Å². The van der Waals surface area contributed by atoms with Gasteiger partial charge in [-0.2, -0.15) is 0 Å². The van der Waals surface area contributed by atoms with Crippen molar-refractivity contribution in [2.75, 3.05) is 12.4 Å². The molecule has 0 bridgehead atoms. The van der Waals surface area contributed by atoms with E-state index in [0.29, 0.717) is 16.8 Å². The van der Waals surface area contributed by atoms with E-state index in [4.69, 9.17) is 15.3 Å². The summed E-state index contributed by atoms with van der Waals surface area (Å²) in [6.45, 7) is 10.6. The molecule has 1 rings (SSSR count). The van der Waals surface area contributed by atoms with Crippen molar-refractivity contribution in [2.45, 2.75) is 47.1 Å². The number of rotatable bonds is 3. The SMILES string of the molecule is CCOC(=O)c1c(C)c(C(=O)OC(C)(C)C)n(N)c1C. The van der Waals surface area contributed by atoms with E-state index in [1.54, 1.807) is 41.5 Å². The van der Waals surface area contributed by atoms with Gasteiger partial charge >= 0.3 is 11.9 Å². The molecule has 0 atom stereocenters. The molecule has 1 aromatic heterocycles. The van der Waals surface area contributed by atoms with Crippen molar-refractivity contribution in [1.82, 2.24) is 4.68 Å². The lowest BCUT2D eigenvalue weighted by atomic mass is 10.1. The molecule has 0 unspecified atom stereocenters. The molecule has 2 N–H and O–H groups in total. The van der Waals surface area contributed by atoms with Crippen LogP contribution in [0.2, 0.25) is 0 Å². The monoisotopic (exact) mass is 282 g/mol. The van der Waals surface area contributed by atoms with Crippen molar-refractivity contribution in [1.29, 1.82) is 0 Å². The van der Waals surface area contributed by atoms with E-state index < -0.39 is 17.5 Å². The summed E-state index contributed by atoms with van der Waals surface area (Å²) >= 11 is 0. The standard InChI is InChI=1S/C14H22N2O4/c1-7-19-12(17)10-8(2)11(16(15)9(10)3)13(18)20-14(4,5)6/h7,15H2,1-6H3. The molecular formula is C14H22N2O4. The normalized spacial score (nSPS) is 11.3. The number of hydrogen-bond acceptors (Lipinski definition) is 5. The molecule has 0 radical (unpaired) electrons. The van der Waals surface area contributed by atoms with Gasteiger partial charge in [-0.1, -0.05) is 0 Å². The van der Waals surface area contributed by atoms with Crippen LogP contribution in [0.5, 0.6) is 0 Å². The Labute approximate surface area is 118 Å². The number of ether oxygens (including phenoxy) is 2. The van der Waals surface area contributed by atoms with Gasteiger partial charge in [-0.25, -0.2) is 9.59 Å². The maximum atomic E-state index is 12.2. The van der Waals surface area contributed by atoms with E-state index in [9.17, 15) is 9.59 Å². The van der Waals surface area contributed by atoms with E-state index in [1.807, 2.05) is 0 Å². The average molecular weight is 282 g/mol. The second-order valence-electron chi connectivity index (χ2n) is 5.53. The lowest BCUT2D eigenvalue weighted by Crippen LogP contribution is -2.27. The number of nitrogen functional groups attached to an aromatic ring is 1. The third-order valence-corrected chi connectivity index (χ3v) is 2.77. The first-order chi connectivity index (χ1) is 9.10. The second-order valence-corrected chi connectivity index (χ2v) is 5.53. The first kappa shape index (κ1) is 16.1. The molecule has 0 aromatic carbocycles. The zero-order chi connectivity index (χ0) is 15.7. The molecule has 0 amide bonds. The number of carbonyl (C=O) groups excluding carboxylic acids is 2. The molecule has 0 saturated heterocycles. The first-order valence-corrected chi connectivity index (χ1v) is 6.47. The summed E-state index contributed by atoms with van der Waals surface area (Å²) in [5, 5.41) is 0. The van der Waals surface area contributed by atoms with Crippen molar-refractivity contribution >= 4 is 11.9 Å². The molecule has 0 aliphatic heterocycles. The van der Waals surface area contributed by atoms with Crippen LogP contribution in [0.1, 0.15) is 59.8 Å². The predicted molar refractivity (Wildman–Crippen MR) is 75.2 cm³/mol. The maximum Gasteiger partial charge on any atom is 0.357 e. The van der Waals surface area contributed by atoms with Gasteiger partial charge in [0.1, 0.15) is 5.60 Å². The molecule has 0 aliphatic carbocycles. The largest absolute Gasteiger partial charge is 0.462 e. The van der Waals surface area contributed by atoms with Crippen molar-refractivity contribution in [3.63, 3.8) is 0 Å². The summed E-state index contributed by atoms with van der Waals surface area (Å²) in [4.78, 5) is 24.1. The van der Waals surface area contributed by atoms with Crippen molar-refractivity contribution < 1.29 is 19.1 Å². The van der Waals surface area contributed by atoms with Crippen molar-refractivity contribution in [2.24, 2.45) is 0 Å². The molecule has 1 aromatic rings. The topological polar surface area (TPSA) is 83.6 Å². The Balaban J connectivity index is 3.27. The van der Waals surface area contributed by atoms with Crippen LogP contribution in [-0.2, 0) is 9.47 Å². The average Bonchev–Trinajstić information content (AvgIpc) is 2.48. The van der Waals surface area contributed by atoms with Crippen LogP contribution in [-0.4, -0.2) is 28.8 Å². The van der Waals surface area contributed by atoms with Gasteiger partial charge in [-0.3, -0.25) is 4.68 Å². The van der Waals surface area contributed by atoms with Crippen molar-refractivity contribution in [3.05, 3.63) is 22.5 Å². The van der Waals surface area contributed by atoms with Crippen LogP contribution >= 0.6 is 0 Å². The van der Waals surface area contributed by atoms with Crippen LogP contribution in [0.15, 0.2) is 0 Å². The lowest BCUT2D eigenvalue weighted by Gasteiger charge is -2.20. The van der Waals surface area contributed by atoms with E-state index >= 15 is 0 Å². The van der Waals surface area contributed by atoms with E-state index in [2.05, 4.69) is 0 Å². The predicted octanol–water partition coefficient (Wildman–Crippen LogP) is 1.95. The third-order valence-electron chi connectivity index (χ3n) is 2.77. The second kappa shape index (κ2) is 5.56. The summed E-state index contributed by atoms with van der Waals surface area (Å²) in [5.41, 5.74) is 0.793. The van der Waals surface area contributed by atoms with Crippen LogP contribution in [0, 0.1) is 13.8 Å². The van der Waals surface area contributed by atoms with Gasteiger partial charge in [-0.15, -0.1) is 0 Å². The van der Waals surface area contributed by atoms with Crippen LogP contribution in [0.4, 0.5) is 0 Å². The fourth-order valence-corrected chi connectivity index (χ4v) is 1.94. The summed E-state index contributed by atoms with van der Waals surface area (Å²) in [6, 6.07) is 0. The number of esters is 2. The molecule has 1 heterocycles. The molecule has 0 saturated carbocycles. The third kappa shape index (κ3) is 3.12. The summed E-state index contributed by atoms with van der Waals surface area (Å²) in [6.07, 6.45) is 0. The molecular weight excluding hydrogens is 260 g/mol. The Morgan fingerprint density at radius 2 is 1.75 bits per heavy atom. The number of hydrogen-bond donors (Lipinski definition) is 1. The molecule has 0 aliphatic rings. The van der Waals surface area contributed by atoms with Crippen LogP contribution in [0.25, 0.3) is 0 Å². The minimum Gasteiger partial charge on any atom is -0.462 e. The smallest absolute Gasteiger partial charge is 0.357 e. The number of carbonyl (C=O) groups is 2. The lowest BCUT2D eigenvalue weighted by molar-refractivity contribution is 0.00587. The van der Waals surface area contributed by atoms with Gasteiger partial charge in [0.15, 0.2) is 5.69 Å². The Morgan fingerprint density at radius 3 is 2.20 bits per heavy atom. The fraction of sp³-hybridized carbons (Fsp3) is 0.571. The molecule has 112 valence electrons. The fourth-order valence-electron chi connectivity index (χ4n) is 1.94. The molecule has 0 fully saturated rings. The zero-order valence-corrected chi connectivity index (χ0v) is 12.9. The minimum absolute atomic E-state index is 0.167. The maximum absolute atomic E-state index is 12.2. The number of nitrogens with two attached hydrogens (primary N) is 1. The number of aromatic nitrogens is 1. The van der Waals surface area contributed by atoms with E-state index in [1.165, 1.54) is 4.68 Å². The highest BCUT2D eigenvalue weighted by molar-refractivity contribution is 5.99. The highest BCUT2D eigenvalue weighted by atomic mass is 16.6.